The molecule has 0 saturated carbocycles. The third-order valence-corrected chi connectivity index (χ3v) is 4.40. The van der Waals surface area contributed by atoms with E-state index in [1.54, 1.807) is 34.5 Å². The Morgan fingerprint density at radius 3 is 2.19 bits per heavy atom. The van der Waals surface area contributed by atoms with E-state index < -0.39 is 0 Å². The van der Waals surface area contributed by atoms with E-state index in [2.05, 4.69) is 17.6 Å². The summed E-state index contributed by atoms with van der Waals surface area (Å²) < 4.78 is 21.3. The quantitative estimate of drug-likeness (QED) is 0.656. The van der Waals surface area contributed by atoms with Gasteiger partial charge >= 0.3 is 0 Å². The number of rotatable bonds is 8. The molecule has 7 heteroatoms. The molecule has 0 saturated heterocycles. The second-order valence-corrected chi connectivity index (χ2v) is 6.15. The van der Waals surface area contributed by atoms with Gasteiger partial charge in [-0.05, 0) is 48.5 Å². The number of methoxy groups -OCH3 is 4. The predicted octanol–water partition coefficient (Wildman–Crippen LogP) is 4.16. The lowest BCUT2D eigenvalue weighted by Gasteiger charge is -2.22. The van der Waals surface area contributed by atoms with Crippen LogP contribution >= 0.6 is 12.2 Å². The van der Waals surface area contributed by atoms with Gasteiger partial charge in [0, 0.05) is 6.07 Å². The Balaban J connectivity index is 2.13. The van der Waals surface area contributed by atoms with Crippen molar-refractivity contribution in [3.05, 3.63) is 42.0 Å². The van der Waals surface area contributed by atoms with Gasteiger partial charge in [-0.25, -0.2) is 0 Å². The molecule has 0 fully saturated rings. The smallest absolute Gasteiger partial charge is 0.171 e. The molecule has 0 amide bonds. The molecule has 0 aliphatic heterocycles. The fourth-order valence-electron chi connectivity index (χ4n) is 2.71. The lowest BCUT2D eigenvalue weighted by Crippen LogP contribution is -2.32. The summed E-state index contributed by atoms with van der Waals surface area (Å²) in [4.78, 5) is 0. The Labute approximate surface area is 165 Å². The number of hydrogen-bond acceptors (Lipinski definition) is 5. The largest absolute Gasteiger partial charge is 0.497 e. The summed E-state index contributed by atoms with van der Waals surface area (Å²) in [5, 5.41) is 7.02. The first-order chi connectivity index (χ1) is 13.1. The Morgan fingerprint density at radius 1 is 0.889 bits per heavy atom. The van der Waals surface area contributed by atoms with Crippen LogP contribution < -0.4 is 29.6 Å². The fraction of sp³-hybridized carbons (Fsp3) is 0.350. The summed E-state index contributed by atoms with van der Waals surface area (Å²) in [5.41, 5.74) is 1.82. The van der Waals surface area contributed by atoms with Crippen molar-refractivity contribution in [3.8, 4) is 23.0 Å². The van der Waals surface area contributed by atoms with E-state index in [0.717, 1.165) is 17.7 Å². The topological polar surface area (TPSA) is 61.0 Å². The van der Waals surface area contributed by atoms with Gasteiger partial charge in [-0.3, -0.25) is 0 Å². The summed E-state index contributed by atoms with van der Waals surface area (Å²) in [6, 6.07) is 11.4. The third kappa shape index (κ3) is 5.17. The van der Waals surface area contributed by atoms with Crippen molar-refractivity contribution in [3.63, 3.8) is 0 Å². The Morgan fingerprint density at radius 2 is 1.59 bits per heavy atom. The molecule has 2 aromatic rings. The van der Waals surface area contributed by atoms with Crippen LogP contribution in [0.5, 0.6) is 23.0 Å². The molecule has 2 N–H and O–H groups in total. The van der Waals surface area contributed by atoms with Crippen molar-refractivity contribution in [2.24, 2.45) is 0 Å². The highest BCUT2D eigenvalue weighted by Gasteiger charge is 2.15. The molecule has 1 atom stereocenters. The van der Waals surface area contributed by atoms with Crippen LogP contribution in [-0.2, 0) is 0 Å². The van der Waals surface area contributed by atoms with Gasteiger partial charge in [0.25, 0.3) is 0 Å². The monoisotopic (exact) mass is 390 g/mol. The van der Waals surface area contributed by atoms with Crippen LogP contribution in [-0.4, -0.2) is 33.6 Å². The maximum atomic E-state index is 5.49. The highest BCUT2D eigenvalue weighted by atomic mass is 32.1. The molecule has 0 aliphatic carbocycles. The van der Waals surface area contributed by atoms with Gasteiger partial charge < -0.3 is 29.6 Å². The summed E-state index contributed by atoms with van der Waals surface area (Å²) in [5.74, 6) is 2.75. The molecule has 1 unspecified atom stereocenters. The van der Waals surface area contributed by atoms with Crippen LogP contribution in [0, 0.1) is 0 Å². The molecule has 6 nitrogen and oxygen atoms in total. The molecule has 0 heterocycles. The molecule has 27 heavy (non-hydrogen) atoms. The molecule has 0 bridgehead atoms. The van der Waals surface area contributed by atoms with Gasteiger partial charge in [0.15, 0.2) is 16.6 Å². The minimum atomic E-state index is 0.0223. The van der Waals surface area contributed by atoms with Crippen molar-refractivity contribution in [2.75, 3.05) is 33.8 Å². The van der Waals surface area contributed by atoms with E-state index in [1.165, 1.54) is 0 Å². The number of ether oxygens (including phenoxy) is 4. The SMILES string of the molecule is CCC(NC(=S)Nc1ccc(OC)cc1OC)c1ccc(OC)c(OC)c1. The van der Waals surface area contributed by atoms with Crippen molar-refractivity contribution < 1.29 is 18.9 Å². The average molecular weight is 391 g/mol. The van der Waals surface area contributed by atoms with Crippen LogP contribution in [0.2, 0.25) is 0 Å². The number of benzene rings is 2. The second-order valence-electron chi connectivity index (χ2n) is 5.74. The minimum absolute atomic E-state index is 0.0223. The van der Waals surface area contributed by atoms with Crippen molar-refractivity contribution >= 4 is 23.0 Å². The van der Waals surface area contributed by atoms with E-state index in [-0.39, 0.29) is 6.04 Å². The van der Waals surface area contributed by atoms with Crippen LogP contribution in [0.1, 0.15) is 24.9 Å². The standard InChI is InChI=1S/C20H26N2O4S/c1-6-15(13-7-10-17(24-3)19(11-13)26-5)21-20(27)22-16-9-8-14(23-2)12-18(16)25-4/h7-12,15H,6H2,1-5H3,(H2,21,22,27). The van der Waals surface area contributed by atoms with E-state index in [0.29, 0.717) is 28.1 Å². The molecular formula is C20H26N2O4S. The molecule has 2 rings (SSSR count). The third-order valence-electron chi connectivity index (χ3n) is 4.18. The fourth-order valence-corrected chi connectivity index (χ4v) is 2.96. The maximum Gasteiger partial charge on any atom is 0.171 e. The molecule has 0 aromatic heterocycles. The Bertz CT molecular complexity index is 783. The summed E-state index contributed by atoms with van der Waals surface area (Å²) in [6.07, 6.45) is 0.844. The van der Waals surface area contributed by atoms with Gasteiger partial charge in [-0.1, -0.05) is 13.0 Å². The minimum Gasteiger partial charge on any atom is -0.497 e. The number of hydrogen-bond donors (Lipinski definition) is 2. The van der Waals surface area contributed by atoms with Gasteiger partial charge in [-0.2, -0.15) is 0 Å². The molecule has 0 spiro atoms. The Hall–Kier alpha value is -2.67. The zero-order valence-electron chi connectivity index (χ0n) is 16.3. The van der Waals surface area contributed by atoms with Gasteiger partial charge in [0.2, 0.25) is 0 Å². The Kier molecular flexibility index (Phi) is 7.55. The van der Waals surface area contributed by atoms with Crippen LogP contribution in [0.4, 0.5) is 5.69 Å². The van der Waals surface area contributed by atoms with Gasteiger partial charge in [0.1, 0.15) is 11.5 Å². The predicted molar refractivity (Wildman–Crippen MR) is 111 cm³/mol. The van der Waals surface area contributed by atoms with Gasteiger partial charge in [0.05, 0.1) is 40.2 Å². The second kappa shape index (κ2) is 9.87. The van der Waals surface area contributed by atoms with Crippen LogP contribution in [0.15, 0.2) is 36.4 Å². The van der Waals surface area contributed by atoms with E-state index in [4.69, 9.17) is 31.2 Å². The molecule has 0 radical (unpaired) electrons. The average Bonchev–Trinajstić information content (AvgIpc) is 2.71. The van der Waals surface area contributed by atoms with Crippen molar-refractivity contribution in [1.82, 2.24) is 5.32 Å². The highest BCUT2D eigenvalue weighted by molar-refractivity contribution is 7.80. The molecular weight excluding hydrogens is 364 g/mol. The van der Waals surface area contributed by atoms with E-state index in [9.17, 15) is 0 Å². The van der Waals surface area contributed by atoms with Gasteiger partial charge in [-0.15, -0.1) is 0 Å². The summed E-state index contributed by atoms with van der Waals surface area (Å²) >= 11 is 5.49. The van der Waals surface area contributed by atoms with E-state index in [1.807, 2.05) is 30.3 Å². The normalized spacial score (nSPS) is 11.3. The zero-order valence-corrected chi connectivity index (χ0v) is 17.1. The van der Waals surface area contributed by atoms with Crippen molar-refractivity contribution in [1.29, 1.82) is 0 Å². The zero-order chi connectivity index (χ0) is 19.8. The first-order valence-electron chi connectivity index (χ1n) is 8.57. The number of anilines is 1. The number of thiocarbonyl (C=S) groups is 1. The first-order valence-corrected chi connectivity index (χ1v) is 8.98. The molecule has 2 aromatic carbocycles. The van der Waals surface area contributed by atoms with Crippen LogP contribution in [0.25, 0.3) is 0 Å². The highest BCUT2D eigenvalue weighted by Crippen LogP contribution is 2.32. The summed E-state index contributed by atoms with van der Waals surface area (Å²) in [6.45, 7) is 2.09. The summed E-state index contributed by atoms with van der Waals surface area (Å²) in [7, 11) is 6.46. The maximum absolute atomic E-state index is 5.49. The first kappa shape index (κ1) is 20.6. The van der Waals surface area contributed by atoms with Crippen LogP contribution in [0.3, 0.4) is 0 Å². The lowest BCUT2D eigenvalue weighted by atomic mass is 10.0. The lowest BCUT2D eigenvalue weighted by molar-refractivity contribution is 0.354. The number of nitrogens with one attached hydrogen (secondary N) is 2. The van der Waals surface area contributed by atoms with E-state index >= 15 is 0 Å². The van der Waals surface area contributed by atoms with Crippen molar-refractivity contribution in [2.45, 2.75) is 19.4 Å². The molecule has 0 aliphatic rings. The molecule has 146 valence electrons.